The van der Waals surface area contributed by atoms with Gasteiger partial charge in [0.1, 0.15) is 0 Å². The maximum Gasteiger partial charge on any atom is 0.302 e. The van der Waals surface area contributed by atoms with E-state index in [2.05, 4.69) is 5.10 Å². The molecule has 5 heteroatoms. The van der Waals surface area contributed by atoms with Crippen LogP contribution in [0.1, 0.15) is 18.1 Å². The smallest absolute Gasteiger partial charge is 0.302 e. The Bertz CT molecular complexity index is 549. The molecule has 1 aromatic carbocycles. The monoisotopic (exact) mass is 260 g/mol. The van der Waals surface area contributed by atoms with Gasteiger partial charge in [0.25, 0.3) is 0 Å². The van der Waals surface area contributed by atoms with Crippen LogP contribution < -0.4 is 0 Å². The van der Waals surface area contributed by atoms with E-state index in [0.29, 0.717) is 18.5 Å². The van der Waals surface area contributed by atoms with Crippen molar-refractivity contribution in [3.8, 4) is 5.88 Å². The number of hydrogen-bond donors (Lipinski definition) is 1. The van der Waals surface area contributed by atoms with Crippen molar-refractivity contribution < 1.29 is 14.6 Å². The largest absolute Gasteiger partial charge is 0.492 e. The fourth-order valence-electron chi connectivity index (χ4n) is 1.78. The average molecular weight is 260 g/mol. The molecule has 2 aromatic rings. The second-order valence-corrected chi connectivity index (χ2v) is 4.25. The van der Waals surface area contributed by atoms with Crippen LogP contribution in [0.4, 0.5) is 0 Å². The Morgan fingerprint density at radius 1 is 1.37 bits per heavy atom. The Hall–Kier alpha value is -2.30. The maximum atomic E-state index is 10.7. The van der Waals surface area contributed by atoms with Crippen molar-refractivity contribution in [2.75, 3.05) is 6.61 Å². The molecule has 0 atom stereocenters. The normalized spacial score (nSPS) is 10.4. The molecule has 0 aliphatic carbocycles. The lowest BCUT2D eigenvalue weighted by atomic mass is 10.2. The van der Waals surface area contributed by atoms with E-state index in [1.807, 2.05) is 30.3 Å². The van der Waals surface area contributed by atoms with E-state index in [1.165, 1.54) is 6.92 Å². The summed E-state index contributed by atoms with van der Waals surface area (Å²) in [5.41, 5.74) is 1.79. The molecular formula is C14H16N2O3. The number of hydrogen-bond acceptors (Lipinski definition) is 4. The average Bonchev–Trinajstić information content (AvgIpc) is 2.70. The third-order valence-corrected chi connectivity index (χ3v) is 2.68. The number of esters is 1. The zero-order chi connectivity index (χ0) is 13.7. The fourth-order valence-corrected chi connectivity index (χ4v) is 1.78. The zero-order valence-electron chi connectivity index (χ0n) is 10.7. The number of carbonyl (C=O) groups excluding carboxylic acids is 1. The Balaban J connectivity index is 1.98. The topological polar surface area (TPSA) is 64.4 Å². The minimum absolute atomic E-state index is 0.0110. The van der Waals surface area contributed by atoms with Gasteiger partial charge in [-0.1, -0.05) is 30.3 Å². The first-order valence-corrected chi connectivity index (χ1v) is 6.08. The molecule has 2 rings (SSSR count). The molecule has 0 radical (unpaired) electrons. The van der Waals surface area contributed by atoms with E-state index in [1.54, 1.807) is 10.9 Å². The predicted octanol–water partition coefficient (Wildman–Crippen LogP) is 1.74. The summed E-state index contributed by atoms with van der Waals surface area (Å²) in [5, 5.41) is 13.7. The number of carbonyl (C=O) groups is 1. The van der Waals surface area contributed by atoms with Gasteiger partial charge in [-0.05, 0) is 5.56 Å². The minimum Gasteiger partial charge on any atom is -0.492 e. The minimum atomic E-state index is -0.323. The Labute approximate surface area is 111 Å². The number of benzene rings is 1. The van der Waals surface area contributed by atoms with Gasteiger partial charge in [0.05, 0.1) is 13.2 Å². The number of rotatable bonds is 5. The van der Waals surface area contributed by atoms with Gasteiger partial charge in [-0.2, -0.15) is 0 Å². The summed E-state index contributed by atoms with van der Waals surface area (Å²) in [7, 11) is 0. The first-order valence-electron chi connectivity index (χ1n) is 6.08. The summed E-state index contributed by atoms with van der Waals surface area (Å²) < 4.78 is 6.52. The molecule has 1 N–H and O–H groups in total. The van der Waals surface area contributed by atoms with Gasteiger partial charge >= 0.3 is 5.97 Å². The molecule has 0 aliphatic heterocycles. The van der Waals surface area contributed by atoms with Crippen molar-refractivity contribution >= 4 is 5.97 Å². The number of nitrogens with zero attached hydrogens (tertiary/aromatic N) is 2. The molecule has 1 heterocycles. The number of aromatic hydroxyl groups is 1. The summed E-state index contributed by atoms with van der Waals surface area (Å²) in [6, 6.07) is 9.86. The van der Waals surface area contributed by atoms with Gasteiger partial charge in [-0.15, -0.1) is 5.10 Å². The van der Waals surface area contributed by atoms with Crippen LogP contribution in [0.25, 0.3) is 0 Å². The van der Waals surface area contributed by atoms with Crippen LogP contribution in [-0.2, 0) is 22.5 Å². The van der Waals surface area contributed by atoms with Gasteiger partial charge < -0.3 is 9.84 Å². The van der Waals surface area contributed by atoms with Crippen LogP contribution in [0, 0.1) is 0 Å². The molecule has 0 fully saturated rings. The van der Waals surface area contributed by atoms with E-state index in [9.17, 15) is 9.90 Å². The molecule has 5 nitrogen and oxygen atoms in total. The van der Waals surface area contributed by atoms with Crippen molar-refractivity contribution in [2.24, 2.45) is 0 Å². The fraction of sp³-hybridized carbons (Fsp3) is 0.286. The Morgan fingerprint density at radius 3 is 2.79 bits per heavy atom. The number of ether oxygens (including phenoxy) is 1. The molecule has 0 unspecified atom stereocenters. The van der Waals surface area contributed by atoms with Crippen LogP contribution in [0.15, 0.2) is 36.5 Å². The van der Waals surface area contributed by atoms with Crippen molar-refractivity contribution in [1.29, 1.82) is 0 Å². The van der Waals surface area contributed by atoms with Crippen molar-refractivity contribution in [3.05, 3.63) is 47.7 Å². The lowest BCUT2D eigenvalue weighted by molar-refractivity contribution is -0.140. The second-order valence-electron chi connectivity index (χ2n) is 4.25. The molecular weight excluding hydrogens is 244 g/mol. The summed E-state index contributed by atoms with van der Waals surface area (Å²) in [6.07, 6.45) is 2.23. The first kappa shape index (κ1) is 13.1. The van der Waals surface area contributed by atoms with E-state index < -0.39 is 0 Å². The molecule has 19 heavy (non-hydrogen) atoms. The first-order chi connectivity index (χ1) is 9.15. The van der Waals surface area contributed by atoms with Gasteiger partial charge in [-0.3, -0.25) is 9.48 Å². The maximum absolute atomic E-state index is 10.7. The van der Waals surface area contributed by atoms with Gasteiger partial charge in [0.15, 0.2) is 0 Å². The van der Waals surface area contributed by atoms with Gasteiger partial charge in [0, 0.05) is 25.1 Å². The summed E-state index contributed by atoms with van der Waals surface area (Å²) in [4.78, 5) is 10.7. The highest BCUT2D eigenvalue weighted by molar-refractivity contribution is 5.65. The molecule has 0 spiro atoms. The molecule has 100 valence electrons. The molecule has 0 bridgehead atoms. The zero-order valence-corrected chi connectivity index (χ0v) is 10.7. The van der Waals surface area contributed by atoms with Crippen molar-refractivity contribution in [1.82, 2.24) is 9.78 Å². The van der Waals surface area contributed by atoms with Gasteiger partial charge in [-0.25, -0.2) is 0 Å². The van der Waals surface area contributed by atoms with E-state index in [4.69, 9.17) is 4.74 Å². The molecule has 0 amide bonds. The lowest BCUT2D eigenvalue weighted by Crippen LogP contribution is -2.03. The van der Waals surface area contributed by atoms with Crippen molar-refractivity contribution in [3.63, 3.8) is 0 Å². The quantitative estimate of drug-likeness (QED) is 0.832. The summed E-state index contributed by atoms with van der Waals surface area (Å²) in [6.45, 7) is 2.21. The van der Waals surface area contributed by atoms with E-state index in [0.717, 1.165) is 5.56 Å². The molecule has 0 aliphatic rings. The molecule has 1 aromatic heterocycles. The standard InChI is InChI=1S/C14H16N2O3/c1-11(17)19-8-7-13-10-16(15-14(13)18)9-12-5-3-2-4-6-12/h2-6,10H,7-9H2,1H3,(H,15,18). The summed E-state index contributed by atoms with van der Waals surface area (Å²) in [5.74, 6) is -0.334. The van der Waals surface area contributed by atoms with Crippen LogP contribution in [0.5, 0.6) is 5.88 Å². The van der Waals surface area contributed by atoms with Crippen molar-refractivity contribution in [2.45, 2.75) is 19.9 Å². The number of aromatic nitrogens is 2. The van der Waals surface area contributed by atoms with E-state index >= 15 is 0 Å². The van der Waals surface area contributed by atoms with Crippen LogP contribution in [0.2, 0.25) is 0 Å². The highest BCUT2D eigenvalue weighted by atomic mass is 16.5. The third kappa shape index (κ3) is 3.84. The SMILES string of the molecule is CC(=O)OCCc1cn(Cc2ccccc2)nc1O. The lowest BCUT2D eigenvalue weighted by Gasteiger charge is -2.00. The van der Waals surface area contributed by atoms with Crippen LogP contribution in [-0.4, -0.2) is 27.5 Å². The Morgan fingerprint density at radius 2 is 2.11 bits per heavy atom. The molecule has 0 saturated carbocycles. The predicted molar refractivity (Wildman–Crippen MR) is 69.8 cm³/mol. The van der Waals surface area contributed by atoms with Gasteiger partial charge in [0.2, 0.25) is 5.88 Å². The highest BCUT2D eigenvalue weighted by Gasteiger charge is 2.08. The third-order valence-electron chi connectivity index (χ3n) is 2.68. The van der Waals surface area contributed by atoms with Crippen LogP contribution >= 0.6 is 0 Å². The Kier molecular flexibility index (Phi) is 4.18. The second kappa shape index (κ2) is 6.04. The van der Waals surface area contributed by atoms with Crippen LogP contribution in [0.3, 0.4) is 0 Å². The highest BCUT2D eigenvalue weighted by Crippen LogP contribution is 2.15. The summed E-state index contributed by atoms with van der Waals surface area (Å²) >= 11 is 0. The van der Waals surface area contributed by atoms with E-state index in [-0.39, 0.29) is 18.5 Å². The molecule has 0 saturated heterocycles.